The minimum absolute atomic E-state index is 0.0433. The van der Waals surface area contributed by atoms with Crippen molar-refractivity contribution >= 4 is 16.6 Å². The molecule has 0 unspecified atom stereocenters. The molecule has 1 saturated carbocycles. The summed E-state index contributed by atoms with van der Waals surface area (Å²) in [6, 6.07) is 2.66. The maximum absolute atomic E-state index is 9.93. The van der Waals surface area contributed by atoms with Gasteiger partial charge < -0.3 is 8.85 Å². The van der Waals surface area contributed by atoms with Gasteiger partial charge in [-0.2, -0.15) is 5.26 Å². The third-order valence-corrected chi connectivity index (χ3v) is 7.96. The number of hydrogen-bond donors (Lipinski definition) is 0. The quantitative estimate of drug-likeness (QED) is 0.427. The summed E-state index contributed by atoms with van der Waals surface area (Å²) in [5.74, 6) is 1.29. The molecule has 0 amide bonds. The average molecular weight is 394 g/mol. The fraction of sp³-hybridized carbons (Fsp3) is 0.857. The van der Waals surface area contributed by atoms with Crippen LogP contribution in [0.5, 0.6) is 0 Å². The van der Waals surface area contributed by atoms with E-state index < -0.39 is 16.6 Å². The first kappa shape index (κ1) is 21.9. The van der Waals surface area contributed by atoms with E-state index in [1.165, 1.54) is 5.57 Å². The molecule has 0 bridgehead atoms. The van der Waals surface area contributed by atoms with Gasteiger partial charge in [-0.1, -0.05) is 32.4 Å². The molecule has 0 radical (unpaired) electrons. The van der Waals surface area contributed by atoms with Crippen molar-refractivity contribution in [2.45, 2.75) is 91.5 Å². The molecule has 0 saturated heterocycles. The Morgan fingerprint density at radius 3 is 2.15 bits per heavy atom. The lowest BCUT2D eigenvalue weighted by molar-refractivity contribution is 0.00630. The van der Waals surface area contributed by atoms with E-state index in [1.54, 1.807) is 0 Å². The Hall–Kier alpha value is -0.416. The number of nitrogens with zero attached hydrogens (tertiary/aromatic N) is 1. The van der Waals surface area contributed by atoms with Gasteiger partial charge in [-0.3, -0.25) is 0 Å². The molecule has 3 nitrogen and oxygen atoms in total. The summed E-state index contributed by atoms with van der Waals surface area (Å²) >= 11 is 0. The molecule has 5 heteroatoms. The summed E-state index contributed by atoms with van der Waals surface area (Å²) in [6.45, 7) is 20.4. The van der Waals surface area contributed by atoms with Crippen molar-refractivity contribution in [3.05, 3.63) is 11.6 Å². The van der Waals surface area contributed by atoms with Crippen LogP contribution in [-0.4, -0.2) is 28.8 Å². The summed E-state index contributed by atoms with van der Waals surface area (Å²) in [5.41, 5.74) is 1.39. The lowest BCUT2D eigenvalue weighted by atomic mass is 9.56. The lowest BCUT2D eigenvalue weighted by Crippen LogP contribution is -2.51. The summed E-state index contributed by atoms with van der Waals surface area (Å²) in [4.78, 5) is 0. The van der Waals surface area contributed by atoms with Crippen LogP contribution in [0.4, 0.5) is 0 Å². The van der Waals surface area contributed by atoms with Crippen molar-refractivity contribution in [1.82, 2.24) is 0 Å². The third kappa shape index (κ3) is 5.10. The maximum atomic E-state index is 9.93. The Kier molecular flexibility index (Phi) is 6.35. The molecule has 0 heterocycles. The van der Waals surface area contributed by atoms with Crippen LogP contribution in [0.2, 0.25) is 39.3 Å². The van der Waals surface area contributed by atoms with Crippen LogP contribution in [0.25, 0.3) is 0 Å². The second-order valence-electron chi connectivity index (χ2n) is 10.9. The van der Waals surface area contributed by atoms with Gasteiger partial charge in [-0.25, -0.2) is 0 Å². The standard InChI is InChI=1S/C21H39NO2Si2/c1-15(2)16-10-17-12-19(23-25(4,5)6)20(24-26(7,8)9)13-21(17,3)18(11-16)14-22/h12,15-16,18-20H,10-11,13H2,1-9H3/t16-,18-,19-,20-,21+/m0/s1. The van der Waals surface area contributed by atoms with E-state index in [0.29, 0.717) is 11.8 Å². The van der Waals surface area contributed by atoms with Crippen LogP contribution in [-0.2, 0) is 8.85 Å². The molecular weight excluding hydrogens is 354 g/mol. The first-order chi connectivity index (χ1) is 11.7. The Labute approximate surface area is 163 Å². The van der Waals surface area contributed by atoms with Crippen molar-refractivity contribution in [2.24, 2.45) is 23.2 Å². The largest absolute Gasteiger partial charge is 0.412 e. The predicted octanol–water partition coefficient (Wildman–Crippen LogP) is 5.97. The second kappa shape index (κ2) is 7.54. The van der Waals surface area contributed by atoms with Crippen molar-refractivity contribution in [3.8, 4) is 6.07 Å². The summed E-state index contributed by atoms with van der Waals surface area (Å²) in [5, 5.41) is 9.93. The molecule has 0 aromatic heterocycles. The molecule has 26 heavy (non-hydrogen) atoms. The molecule has 2 aliphatic carbocycles. The molecule has 0 aliphatic heterocycles. The molecular formula is C21H39NO2Si2. The predicted molar refractivity (Wildman–Crippen MR) is 114 cm³/mol. The van der Waals surface area contributed by atoms with Gasteiger partial charge in [0.1, 0.15) is 0 Å². The fourth-order valence-electron chi connectivity index (χ4n) is 4.54. The van der Waals surface area contributed by atoms with Crippen LogP contribution in [0.15, 0.2) is 11.6 Å². The first-order valence-electron chi connectivity index (χ1n) is 10.2. The van der Waals surface area contributed by atoms with E-state index in [4.69, 9.17) is 8.85 Å². The van der Waals surface area contributed by atoms with E-state index in [-0.39, 0.29) is 23.5 Å². The summed E-state index contributed by atoms with van der Waals surface area (Å²) in [6.07, 6.45) is 5.53. The molecule has 2 aliphatic rings. The van der Waals surface area contributed by atoms with Gasteiger partial charge in [0.2, 0.25) is 0 Å². The molecule has 0 N–H and O–H groups in total. The Bertz CT molecular complexity index is 582. The zero-order valence-corrected chi connectivity index (χ0v) is 20.3. The topological polar surface area (TPSA) is 42.2 Å². The molecule has 5 atom stereocenters. The first-order valence-corrected chi connectivity index (χ1v) is 17.0. The van der Waals surface area contributed by atoms with Crippen molar-refractivity contribution in [3.63, 3.8) is 0 Å². The monoisotopic (exact) mass is 393 g/mol. The highest BCUT2D eigenvalue weighted by molar-refractivity contribution is 6.70. The molecule has 0 aromatic carbocycles. The average Bonchev–Trinajstić information content (AvgIpc) is 2.44. The Morgan fingerprint density at radius 2 is 1.69 bits per heavy atom. The molecule has 148 valence electrons. The molecule has 0 aromatic rings. The zero-order chi connectivity index (χ0) is 19.9. The number of fused-ring (bicyclic) bond motifs is 1. The number of rotatable bonds is 5. The Morgan fingerprint density at radius 1 is 1.12 bits per heavy atom. The highest BCUT2D eigenvalue weighted by Crippen LogP contribution is 2.54. The van der Waals surface area contributed by atoms with E-state index in [0.717, 1.165) is 19.3 Å². The smallest absolute Gasteiger partial charge is 0.184 e. The number of hydrogen-bond acceptors (Lipinski definition) is 3. The van der Waals surface area contributed by atoms with Crippen LogP contribution in [0.3, 0.4) is 0 Å². The summed E-state index contributed by atoms with van der Waals surface area (Å²) < 4.78 is 13.2. The number of allylic oxidation sites excluding steroid dienone is 1. The van der Waals surface area contributed by atoms with E-state index in [1.807, 2.05) is 0 Å². The van der Waals surface area contributed by atoms with E-state index in [2.05, 4.69) is 72.2 Å². The summed E-state index contributed by atoms with van der Waals surface area (Å²) in [7, 11) is -3.37. The van der Waals surface area contributed by atoms with Crippen LogP contribution < -0.4 is 0 Å². The van der Waals surface area contributed by atoms with Crippen molar-refractivity contribution in [2.75, 3.05) is 0 Å². The fourth-order valence-corrected chi connectivity index (χ4v) is 6.70. The Balaban J connectivity index is 2.42. The maximum Gasteiger partial charge on any atom is 0.184 e. The van der Waals surface area contributed by atoms with Gasteiger partial charge in [-0.05, 0) is 70.4 Å². The van der Waals surface area contributed by atoms with E-state index in [9.17, 15) is 5.26 Å². The molecule has 1 fully saturated rings. The van der Waals surface area contributed by atoms with Crippen molar-refractivity contribution in [1.29, 1.82) is 5.26 Å². The zero-order valence-electron chi connectivity index (χ0n) is 18.3. The normalized spacial score (nSPS) is 35.7. The molecule has 0 spiro atoms. The second-order valence-corrected chi connectivity index (χ2v) is 19.8. The van der Waals surface area contributed by atoms with Crippen LogP contribution >= 0.6 is 0 Å². The SMILES string of the molecule is CC(C)[C@H]1CC2=C[C@H](O[Si](C)(C)C)[C@@H](O[Si](C)(C)C)C[C@@]2(C)[C@H](C#N)C1. The van der Waals surface area contributed by atoms with Gasteiger partial charge in [0, 0.05) is 5.41 Å². The highest BCUT2D eigenvalue weighted by Gasteiger charge is 2.50. The van der Waals surface area contributed by atoms with Gasteiger partial charge in [-0.15, -0.1) is 0 Å². The lowest BCUT2D eigenvalue weighted by Gasteiger charge is -2.51. The number of nitriles is 1. The van der Waals surface area contributed by atoms with Gasteiger partial charge in [0.05, 0.1) is 24.2 Å². The highest BCUT2D eigenvalue weighted by atomic mass is 28.4. The van der Waals surface area contributed by atoms with Crippen molar-refractivity contribution < 1.29 is 8.85 Å². The minimum Gasteiger partial charge on any atom is -0.412 e. The molecule has 2 rings (SSSR count). The van der Waals surface area contributed by atoms with Gasteiger partial charge in [0.15, 0.2) is 16.6 Å². The minimum atomic E-state index is -1.69. The van der Waals surface area contributed by atoms with E-state index >= 15 is 0 Å². The van der Waals surface area contributed by atoms with Crippen LogP contribution in [0, 0.1) is 34.5 Å². The van der Waals surface area contributed by atoms with Gasteiger partial charge >= 0.3 is 0 Å². The third-order valence-electron chi connectivity index (χ3n) is 5.97. The van der Waals surface area contributed by atoms with Crippen LogP contribution in [0.1, 0.15) is 40.0 Å². The van der Waals surface area contributed by atoms with Gasteiger partial charge in [0.25, 0.3) is 0 Å².